The number of esters is 3. The van der Waals surface area contributed by atoms with E-state index >= 15 is 0 Å². The van der Waals surface area contributed by atoms with Crippen LogP contribution in [0.25, 0.3) is 0 Å². The molecular weight excluding hydrogens is 348 g/mol. The summed E-state index contributed by atoms with van der Waals surface area (Å²) in [4.78, 5) is 33.3. The summed E-state index contributed by atoms with van der Waals surface area (Å²) in [5.41, 5.74) is 0. The van der Waals surface area contributed by atoms with Gasteiger partial charge in [-0.25, -0.2) is 0 Å². The minimum atomic E-state index is -0.681. The summed E-state index contributed by atoms with van der Waals surface area (Å²) in [6, 6.07) is 0. The highest BCUT2D eigenvalue weighted by Gasteiger charge is 2.46. The average Bonchev–Trinajstić information content (AvgIpc) is 2.35. The van der Waals surface area contributed by atoms with Gasteiger partial charge in [-0.1, -0.05) is 22.9 Å². The Morgan fingerprint density at radius 2 is 1.52 bits per heavy atom. The van der Waals surface area contributed by atoms with Crippen molar-refractivity contribution in [1.29, 1.82) is 0 Å². The van der Waals surface area contributed by atoms with Crippen molar-refractivity contribution < 1.29 is 33.3 Å². The highest BCUT2D eigenvalue weighted by Crippen LogP contribution is 2.33. The number of alkyl halides is 1. The molecule has 5 atom stereocenters. The first kappa shape index (κ1) is 17.9. The van der Waals surface area contributed by atoms with Crippen LogP contribution in [0.4, 0.5) is 0 Å². The molecule has 0 saturated carbocycles. The lowest BCUT2D eigenvalue weighted by atomic mass is 9.91. The first-order valence-corrected chi connectivity index (χ1v) is 7.41. The zero-order valence-electron chi connectivity index (χ0n) is 12.3. The fraction of sp³-hybridized carbons (Fsp3) is 0.769. The highest BCUT2D eigenvalue weighted by molar-refractivity contribution is 9.09. The Bertz CT molecular complexity index is 409. The lowest BCUT2D eigenvalue weighted by Crippen LogP contribution is -2.55. The molecule has 0 bridgehead atoms. The van der Waals surface area contributed by atoms with E-state index in [2.05, 4.69) is 15.9 Å². The summed E-state index contributed by atoms with van der Waals surface area (Å²) in [6.07, 6.45) is -1.93. The Balaban J connectivity index is 2.86. The van der Waals surface area contributed by atoms with Gasteiger partial charge in [0.25, 0.3) is 0 Å². The van der Waals surface area contributed by atoms with Crippen LogP contribution in [0, 0.1) is 5.92 Å². The fourth-order valence-electron chi connectivity index (χ4n) is 2.15. The summed E-state index contributed by atoms with van der Waals surface area (Å²) < 4.78 is 21.0. The van der Waals surface area contributed by atoms with Crippen LogP contribution < -0.4 is 0 Å². The molecule has 0 amide bonds. The number of rotatable bonds is 4. The van der Waals surface area contributed by atoms with Gasteiger partial charge < -0.3 is 18.9 Å². The molecule has 1 aliphatic rings. The Morgan fingerprint density at radius 1 is 1.00 bits per heavy atom. The highest BCUT2D eigenvalue weighted by atomic mass is 79.9. The molecule has 0 spiro atoms. The van der Waals surface area contributed by atoms with Gasteiger partial charge in [-0.3, -0.25) is 14.4 Å². The maximum atomic E-state index is 11.2. The van der Waals surface area contributed by atoms with Crippen molar-refractivity contribution in [2.45, 2.75) is 51.0 Å². The molecule has 0 aromatic heterocycles. The van der Waals surface area contributed by atoms with Crippen LogP contribution >= 0.6 is 15.9 Å². The van der Waals surface area contributed by atoms with Gasteiger partial charge in [0.05, 0.1) is 0 Å². The van der Waals surface area contributed by atoms with Gasteiger partial charge in [0.15, 0.2) is 0 Å². The topological polar surface area (TPSA) is 88.1 Å². The van der Waals surface area contributed by atoms with Gasteiger partial charge in [0, 0.05) is 26.7 Å². The van der Waals surface area contributed by atoms with E-state index in [1.807, 2.05) is 0 Å². The van der Waals surface area contributed by atoms with Crippen molar-refractivity contribution in [3.63, 3.8) is 0 Å². The quantitative estimate of drug-likeness (QED) is 0.419. The third-order valence-electron chi connectivity index (χ3n) is 3.02. The van der Waals surface area contributed by atoms with E-state index in [1.54, 1.807) is 6.92 Å². The minimum Gasteiger partial charge on any atom is -0.463 e. The second-order valence-electron chi connectivity index (χ2n) is 4.84. The molecule has 5 unspecified atom stereocenters. The molecule has 1 rings (SSSR count). The van der Waals surface area contributed by atoms with Crippen LogP contribution in [0.15, 0.2) is 0 Å². The molecule has 1 aliphatic heterocycles. The maximum absolute atomic E-state index is 11.2. The van der Waals surface area contributed by atoms with Crippen molar-refractivity contribution in [2.24, 2.45) is 5.92 Å². The first-order chi connectivity index (χ1) is 9.72. The Morgan fingerprint density at radius 3 is 2.00 bits per heavy atom. The third kappa shape index (κ3) is 5.28. The molecule has 0 N–H and O–H groups in total. The van der Waals surface area contributed by atoms with Crippen molar-refractivity contribution in [2.75, 3.05) is 6.61 Å². The summed E-state index contributed by atoms with van der Waals surface area (Å²) in [5, 5.41) is -0.580. The zero-order valence-corrected chi connectivity index (χ0v) is 13.9. The average molecular weight is 367 g/mol. The number of carbonyl (C=O) groups is 3. The fourth-order valence-corrected chi connectivity index (χ4v) is 3.01. The molecule has 0 aromatic carbocycles. The minimum absolute atomic E-state index is 0.0491. The van der Waals surface area contributed by atoms with Crippen molar-refractivity contribution in [3.8, 4) is 0 Å². The monoisotopic (exact) mass is 366 g/mol. The van der Waals surface area contributed by atoms with Gasteiger partial charge in [-0.05, 0) is 0 Å². The lowest BCUT2D eigenvalue weighted by Gasteiger charge is -2.42. The van der Waals surface area contributed by atoms with Crippen LogP contribution in [0.3, 0.4) is 0 Å². The van der Waals surface area contributed by atoms with Gasteiger partial charge in [-0.2, -0.15) is 0 Å². The number of hydrogen-bond donors (Lipinski definition) is 0. The molecule has 120 valence electrons. The molecule has 0 aliphatic carbocycles. The molecule has 8 heteroatoms. The van der Waals surface area contributed by atoms with Crippen molar-refractivity contribution in [3.05, 3.63) is 0 Å². The molecular formula is C13H19BrO7. The number of carbonyl (C=O) groups excluding carboxylic acids is 3. The zero-order chi connectivity index (χ0) is 16.2. The molecule has 7 nitrogen and oxygen atoms in total. The smallest absolute Gasteiger partial charge is 0.303 e. The number of halogens is 1. The standard InChI is InChI=1S/C13H19BrO7/c1-6-11(19-8(3)16)10(5-18-7(2)15)21-13(14)12(6)20-9(4)17/h6,10-13H,5H2,1-4H3. The maximum Gasteiger partial charge on any atom is 0.303 e. The van der Waals surface area contributed by atoms with Crippen LogP contribution in [-0.4, -0.2) is 47.8 Å². The predicted octanol–water partition coefficient (Wildman–Crippen LogP) is 1.17. The summed E-state index contributed by atoms with van der Waals surface area (Å²) >= 11 is 3.28. The van der Waals surface area contributed by atoms with E-state index in [1.165, 1.54) is 20.8 Å². The second kappa shape index (κ2) is 7.74. The largest absolute Gasteiger partial charge is 0.463 e. The third-order valence-corrected chi connectivity index (χ3v) is 3.76. The number of ether oxygens (including phenoxy) is 4. The van der Waals surface area contributed by atoms with Crippen molar-refractivity contribution >= 4 is 33.8 Å². The van der Waals surface area contributed by atoms with Gasteiger partial charge in [0.1, 0.15) is 29.9 Å². The SMILES string of the molecule is CC(=O)OCC1OC(Br)C(OC(C)=O)C(C)C1OC(C)=O. The molecule has 1 heterocycles. The molecule has 0 radical (unpaired) electrons. The van der Waals surface area contributed by atoms with Gasteiger partial charge in [-0.15, -0.1) is 0 Å². The second-order valence-corrected chi connectivity index (χ2v) is 5.74. The lowest BCUT2D eigenvalue weighted by molar-refractivity contribution is -0.210. The molecule has 0 aromatic rings. The van der Waals surface area contributed by atoms with Gasteiger partial charge >= 0.3 is 17.9 Å². The Labute approximate surface area is 131 Å². The summed E-state index contributed by atoms with van der Waals surface area (Å²) in [6.45, 7) is 5.57. The molecule has 21 heavy (non-hydrogen) atoms. The molecule has 1 saturated heterocycles. The van der Waals surface area contributed by atoms with Crippen LogP contribution in [0.5, 0.6) is 0 Å². The summed E-state index contributed by atoms with van der Waals surface area (Å²) in [7, 11) is 0. The van der Waals surface area contributed by atoms with Crippen LogP contribution in [0.1, 0.15) is 27.7 Å². The predicted molar refractivity (Wildman–Crippen MR) is 74.5 cm³/mol. The first-order valence-electron chi connectivity index (χ1n) is 6.49. The van der Waals surface area contributed by atoms with E-state index < -0.39 is 41.2 Å². The van der Waals surface area contributed by atoms with E-state index in [0.29, 0.717) is 0 Å². The van der Waals surface area contributed by atoms with E-state index in [-0.39, 0.29) is 12.5 Å². The van der Waals surface area contributed by atoms with E-state index in [4.69, 9.17) is 18.9 Å². The van der Waals surface area contributed by atoms with E-state index in [9.17, 15) is 14.4 Å². The molecule has 1 fully saturated rings. The van der Waals surface area contributed by atoms with E-state index in [0.717, 1.165) is 0 Å². The van der Waals surface area contributed by atoms with Crippen molar-refractivity contribution in [1.82, 2.24) is 0 Å². The van der Waals surface area contributed by atoms with Gasteiger partial charge in [0.2, 0.25) is 0 Å². The Hall–Kier alpha value is -1.15. The van der Waals surface area contributed by atoms with Crippen LogP contribution in [-0.2, 0) is 33.3 Å². The normalized spacial score (nSPS) is 32.1. The number of hydrogen-bond acceptors (Lipinski definition) is 7. The Kier molecular flexibility index (Phi) is 6.60. The summed E-state index contributed by atoms with van der Waals surface area (Å²) in [5.74, 6) is -1.73. The van der Waals surface area contributed by atoms with Crippen LogP contribution in [0.2, 0.25) is 0 Å².